The van der Waals surface area contributed by atoms with E-state index < -0.39 is 41.8 Å². The molecule has 0 fully saturated rings. The van der Waals surface area contributed by atoms with Crippen LogP contribution in [0.3, 0.4) is 0 Å². The molecule has 1 rings (SSSR count). The van der Waals surface area contributed by atoms with Gasteiger partial charge in [0.2, 0.25) is 17.7 Å². The van der Waals surface area contributed by atoms with Gasteiger partial charge in [-0.2, -0.15) is 0 Å². The Balaban J connectivity index is 2.84. The van der Waals surface area contributed by atoms with Crippen molar-refractivity contribution in [2.75, 3.05) is 0 Å². The fraction of sp³-hybridized carbons (Fsp3) is 0.500. The van der Waals surface area contributed by atoms with Gasteiger partial charge in [0.05, 0.1) is 6.04 Å². The molecule has 3 amide bonds. The smallest absolute Gasteiger partial charge is 0.326 e. The summed E-state index contributed by atoms with van der Waals surface area (Å²) in [6.07, 6.45) is 0.696. The van der Waals surface area contributed by atoms with E-state index in [2.05, 4.69) is 10.6 Å². The lowest BCUT2D eigenvalue weighted by Crippen LogP contribution is -2.57. The highest BCUT2D eigenvalue weighted by molar-refractivity contribution is 5.92. The van der Waals surface area contributed by atoms with Gasteiger partial charge in [-0.1, -0.05) is 50.6 Å². The first-order chi connectivity index (χ1) is 13.6. The van der Waals surface area contributed by atoms with Crippen molar-refractivity contribution in [3.8, 4) is 0 Å². The molecule has 9 heteroatoms. The van der Waals surface area contributed by atoms with Crippen LogP contribution >= 0.6 is 0 Å². The highest BCUT2D eigenvalue weighted by Gasteiger charge is 2.31. The van der Waals surface area contributed by atoms with Crippen LogP contribution in [0.4, 0.5) is 0 Å². The largest absolute Gasteiger partial charge is 0.480 e. The number of benzene rings is 1. The molecule has 1 aromatic rings. The van der Waals surface area contributed by atoms with Crippen LogP contribution in [0.5, 0.6) is 0 Å². The number of rotatable bonds is 12. The van der Waals surface area contributed by atoms with Crippen LogP contribution < -0.4 is 22.1 Å². The average molecular weight is 406 g/mol. The summed E-state index contributed by atoms with van der Waals surface area (Å²) in [7, 11) is 0. The van der Waals surface area contributed by atoms with Crippen LogP contribution in [-0.2, 0) is 25.6 Å². The van der Waals surface area contributed by atoms with Crippen molar-refractivity contribution in [1.29, 1.82) is 0 Å². The third-order valence-corrected chi connectivity index (χ3v) is 4.73. The molecule has 1 aromatic carbocycles. The SMILES string of the molecule is CC[C@H](C)[C@H](NC(=O)[C@@H](N)CCC(N)=O)C(=O)N[C@@H](Cc1ccccc1)C(=O)O. The number of amides is 3. The molecule has 0 heterocycles. The van der Waals surface area contributed by atoms with Gasteiger partial charge in [0.15, 0.2) is 0 Å². The molecule has 0 unspecified atom stereocenters. The topological polar surface area (TPSA) is 165 Å². The summed E-state index contributed by atoms with van der Waals surface area (Å²) in [5.74, 6) is -3.20. The zero-order chi connectivity index (χ0) is 22.0. The first-order valence-electron chi connectivity index (χ1n) is 9.57. The van der Waals surface area contributed by atoms with Crippen molar-refractivity contribution in [1.82, 2.24) is 10.6 Å². The highest BCUT2D eigenvalue weighted by Crippen LogP contribution is 2.10. The minimum atomic E-state index is -1.17. The van der Waals surface area contributed by atoms with Crippen LogP contribution in [0.15, 0.2) is 30.3 Å². The monoisotopic (exact) mass is 406 g/mol. The first kappa shape index (κ1) is 24.1. The molecule has 160 valence electrons. The summed E-state index contributed by atoms with van der Waals surface area (Å²) >= 11 is 0. The third-order valence-electron chi connectivity index (χ3n) is 4.73. The van der Waals surface area contributed by atoms with E-state index in [1.54, 1.807) is 31.2 Å². The average Bonchev–Trinajstić information content (AvgIpc) is 2.69. The van der Waals surface area contributed by atoms with Crippen LogP contribution in [0.2, 0.25) is 0 Å². The predicted octanol–water partition coefficient (Wildman–Crippen LogP) is -0.0778. The Kier molecular flexibility index (Phi) is 9.81. The maximum Gasteiger partial charge on any atom is 0.326 e. The van der Waals surface area contributed by atoms with Crippen molar-refractivity contribution in [2.24, 2.45) is 17.4 Å². The number of aliphatic carboxylic acids is 1. The number of carbonyl (C=O) groups is 4. The Morgan fingerprint density at radius 3 is 2.21 bits per heavy atom. The Bertz CT molecular complexity index is 710. The van der Waals surface area contributed by atoms with Crippen LogP contribution in [-0.4, -0.2) is 46.9 Å². The zero-order valence-electron chi connectivity index (χ0n) is 16.8. The molecule has 0 aliphatic rings. The first-order valence-corrected chi connectivity index (χ1v) is 9.57. The van der Waals surface area contributed by atoms with E-state index in [4.69, 9.17) is 11.5 Å². The van der Waals surface area contributed by atoms with E-state index in [0.717, 1.165) is 5.56 Å². The minimum absolute atomic E-state index is 0.0487. The van der Waals surface area contributed by atoms with Crippen molar-refractivity contribution in [3.63, 3.8) is 0 Å². The molecule has 9 nitrogen and oxygen atoms in total. The summed E-state index contributed by atoms with van der Waals surface area (Å²) in [6, 6.07) is 5.83. The van der Waals surface area contributed by atoms with Gasteiger partial charge in [-0.05, 0) is 17.9 Å². The van der Waals surface area contributed by atoms with Crippen LogP contribution in [0.25, 0.3) is 0 Å². The molecular weight excluding hydrogens is 376 g/mol. The Labute approximate surface area is 170 Å². The summed E-state index contributed by atoms with van der Waals surface area (Å²) in [4.78, 5) is 47.6. The van der Waals surface area contributed by atoms with E-state index in [0.29, 0.717) is 6.42 Å². The van der Waals surface area contributed by atoms with E-state index in [1.165, 1.54) is 0 Å². The number of carboxylic acid groups (broad SMARTS) is 1. The summed E-state index contributed by atoms with van der Waals surface area (Å²) < 4.78 is 0. The van der Waals surface area contributed by atoms with Crippen LogP contribution in [0.1, 0.15) is 38.7 Å². The number of carboxylic acids is 1. The van der Waals surface area contributed by atoms with Gasteiger partial charge in [0.1, 0.15) is 12.1 Å². The molecule has 0 aliphatic heterocycles. The number of hydrogen-bond donors (Lipinski definition) is 5. The molecule has 29 heavy (non-hydrogen) atoms. The molecule has 7 N–H and O–H groups in total. The van der Waals surface area contributed by atoms with Crippen molar-refractivity contribution < 1.29 is 24.3 Å². The molecule has 4 atom stereocenters. The fourth-order valence-electron chi connectivity index (χ4n) is 2.70. The summed E-state index contributed by atoms with van der Waals surface area (Å²) in [6.45, 7) is 3.62. The van der Waals surface area contributed by atoms with E-state index >= 15 is 0 Å². The van der Waals surface area contributed by atoms with Crippen LogP contribution in [0, 0.1) is 5.92 Å². The Morgan fingerprint density at radius 1 is 1.07 bits per heavy atom. The molecule has 0 saturated carbocycles. The van der Waals surface area contributed by atoms with Gasteiger partial charge in [0.25, 0.3) is 0 Å². The fourth-order valence-corrected chi connectivity index (χ4v) is 2.70. The summed E-state index contributed by atoms with van der Waals surface area (Å²) in [5.41, 5.74) is 11.6. The second-order valence-corrected chi connectivity index (χ2v) is 7.07. The highest BCUT2D eigenvalue weighted by atomic mass is 16.4. The Morgan fingerprint density at radius 2 is 1.69 bits per heavy atom. The van der Waals surface area contributed by atoms with Gasteiger partial charge in [-0.25, -0.2) is 4.79 Å². The third kappa shape index (κ3) is 8.30. The van der Waals surface area contributed by atoms with Crippen molar-refractivity contribution in [3.05, 3.63) is 35.9 Å². The maximum absolute atomic E-state index is 12.8. The molecule has 0 aromatic heterocycles. The van der Waals surface area contributed by atoms with Gasteiger partial charge >= 0.3 is 5.97 Å². The second-order valence-electron chi connectivity index (χ2n) is 7.07. The molecule has 0 saturated heterocycles. The number of nitrogens with two attached hydrogens (primary N) is 2. The number of hydrogen-bond acceptors (Lipinski definition) is 5. The predicted molar refractivity (Wildman–Crippen MR) is 108 cm³/mol. The second kappa shape index (κ2) is 11.8. The zero-order valence-corrected chi connectivity index (χ0v) is 16.8. The van der Waals surface area contributed by atoms with Gasteiger partial charge in [-0.3, -0.25) is 14.4 Å². The van der Waals surface area contributed by atoms with E-state index in [-0.39, 0.29) is 25.2 Å². The van der Waals surface area contributed by atoms with Gasteiger partial charge in [-0.15, -0.1) is 0 Å². The molecular formula is C20H30N4O5. The lowest BCUT2D eigenvalue weighted by Gasteiger charge is -2.26. The quantitative estimate of drug-likeness (QED) is 0.326. The molecule has 0 radical (unpaired) electrons. The number of primary amides is 1. The normalized spacial score (nSPS) is 14.9. The summed E-state index contributed by atoms with van der Waals surface area (Å²) in [5, 5.41) is 14.6. The minimum Gasteiger partial charge on any atom is -0.480 e. The van der Waals surface area contributed by atoms with Gasteiger partial charge < -0.3 is 27.2 Å². The van der Waals surface area contributed by atoms with Crippen molar-refractivity contribution >= 4 is 23.7 Å². The number of carbonyl (C=O) groups excluding carboxylic acids is 3. The van der Waals surface area contributed by atoms with Crippen molar-refractivity contribution in [2.45, 2.75) is 57.7 Å². The molecule has 0 bridgehead atoms. The molecule has 0 aliphatic carbocycles. The Hall–Kier alpha value is -2.94. The van der Waals surface area contributed by atoms with Gasteiger partial charge in [0, 0.05) is 12.8 Å². The number of nitrogens with one attached hydrogen (secondary N) is 2. The standard InChI is InChI=1S/C20H30N4O5/c1-3-12(2)17(24-18(26)14(21)9-10-16(22)25)19(27)23-15(20(28)29)11-13-7-5-4-6-8-13/h4-8,12,14-15,17H,3,9-11,21H2,1-2H3,(H2,22,25)(H,23,27)(H,24,26)(H,28,29)/t12-,14-,15-,17-/m0/s1. The van der Waals surface area contributed by atoms with E-state index in [1.807, 2.05) is 13.0 Å². The maximum atomic E-state index is 12.8. The lowest BCUT2D eigenvalue weighted by atomic mass is 9.96. The van der Waals surface area contributed by atoms with E-state index in [9.17, 15) is 24.3 Å². The molecule has 0 spiro atoms. The lowest BCUT2D eigenvalue weighted by molar-refractivity contribution is -0.142.